The highest BCUT2D eigenvalue weighted by molar-refractivity contribution is 9.11. The van der Waals surface area contributed by atoms with Gasteiger partial charge in [0.2, 0.25) is 0 Å². The number of pyridine rings is 11. The number of benzene rings is 1. The minimum Gasteiger partial charge on any atom is -0.496 e. The average molecular weight is 2010 g/mol. The number of carboxylic acids is 1. The summed E-state index contributed by atoms with van der Waals surface area (Å²) >= 11 is 40.7. The topological polar surface area (TPSA) is 394 Å². The molecule has 7 N–H and O–H groups in total. The molecule has 0 atom stereocenters. The molecule has 1 aromatic carbocycles. The Hall–Kier alpha value is -9.59. The normalized spacial score (nSPS) is 11.3. The molecule has 1 aliphatic rings. The molecule has 0 unspecified atom stereocenters. The minimum absolute atomic E-state index is 0. The summed E-state index contributed by atoms with van der Waals surface area (Å²) in [6.45, 7) is 17.4. The maximum absolute atomic E-state index is 11.9. The van der Waals surface area contributed by atoms with Crippen molar-refractivity contribution in [3.05, 3.63) is 255 Å². The summed E-state index contributed by atoms with van der Waals surface area (Å²) < 4.78 is 44.1. The van der Waals surface area contributed by atoms with E-state index in [1.54, 1.807) is 145 Å². The van der Waals surface area contributed by atoms with Crippen LogP contribution in [0.25, 0.3) is 43.1 Å². The molecule has 0 aliphatic carbocycles. The van der Waals surface area contributed by atoms with Crippen LogP contribution in [0.4, 0.5) is 10.2 Å². The number of anilines is 1. The number of amides is 2. The van der Waals surface area contributed by atoms with Crippen molar-refractivity contribution >= 4 is 218 Å². The van der Waals surface area contributed by atoms with Crippen molar-refractivity contribution in [2.75, 3.05) is 54.5 Å². The van der Waals surface area contributed by atoms with Gasteiger partial charge in [0.25, 0.3) is 34.1 Å². The number of aldehydes is 1. The van der Waals surface area contributed by atoms with Crippen molar-refractivity contribution in [1.82, 2.24) is 64.6 Å². The summed E-state index contributed by atoms with van der Waals surface area (Å²) in [4.78, 5) is 127. The number of nitrogens with one attached hydrogen (secondary N) is 1. The van der Waals surface area contributed by atoms with E-state index in [9.17, 15) is 42.7 Å². The number of hydrogen-bond acceptors (Lipinski definition) is 21. The highest BCUT2D eigenvalue weighted by Gasteiger charge is 2.52. The average Bonchev–Trinajstić information content (AvgIpc) is 1.75. The number of aryl methyl sites for hydroxylation is 6. The van der Waals surface area contributed by atoms with Crippen LogP contribution in [0.2, 0.25) is 30.9 Å². The summed E-state index contributed by atoms with van der Waals surface area (Å²) in [6, 6.07) is 18.8. The first-order valence-corrected chi connectivity index (χ1v) is 38.8. The fourth-order valence-corrected chi connectivity index (χ4v) is 12.2. The minimum atomic E-state index is -0.980. The third-order valence-electron chi connectivity index (χ3n) is 16.6. The number of fused-ring (bicyclic) bond motifs is 4. The standard InChI is InChI=1S/C15H21BO5.C11H12BrN3O.C10H12ClN3O.C9H6BrClN2O.C9H7ClN2O.C8H5ClN2O.C7H7ClN2O.C7H6ClNO2.C3H8.CH3F.3CH4.2ClH.H3N/c1-14(2)15(3,4)21-16(20-14)10-7-12(18-5)11(9-17)13(8-10)19-6;1-14(2)10-4-7-8(5-13-10)11(16)15(3)6-9(7)12;1-7-4-9(11)12-5-8(7)10(15)13-6-14(2)3;1-13-4-7(10)5-2-8(11)12-3-6(5)9(13)14;1-12-3-2-6-4-8(10)11-5-7(6)9(12)13;9-7-3-5-1-2-10-8(12)6(5)4-11-7;1-4-2-6(8)10-3-5(4)7(9)11;1-4-2-6(8)9-3-5(4)7(10)11;1-3-2;1-2;;;;;;/h7-9H,1-6H3;4-6H,1-3H3;4-6H,1-3H3;2-4H,1H3;2-5H,1H3;1-4H,(H,10,12);2-3H,1H3,(H2,9,11);2-3H,1H3,(H,10,11);3H2,1-2H3;1H3;3*1H4;2*1H;1H3/i;;;;;;;;;;1D;;;;;. The SMILES string of the molecule is C.C.CCC.CF.CN(C)c1cc2c(Br)cn(C)c(=O)c2cn1.COc1cc(B2OC(C)(C)C(C)(C)O2)cc(OC)c1C=O.Cc1cc(Cl)ncc1C(=O)N=CN(C)C.Cc1cc(Cl)ncc1C(=O)O.Cc1cc(Cl)ncc1C(N)=O.Cl.Cl.Cn1cc(Br)c2cc(Cl)ncc2c1=O.Cn1ccc2cc(Cl)ncc2c1=O.N.O=c1[nH]ccc2cc(Cl)ncc12.[2H]C. The van der Waals surface area contributed by atoms with Gasteiger partial charge in [-0.3, -0.25) is 38.0 Å². The van der Waals surface area contributed by atoms with E-state index in [0.29, 0.717) is 99.7 Å². The Balaban J connectivity index is -0.00000135. The number of alkyl halides is 1. The fraction of sp³-hybridized carbons (Fsp3) is 0.301. The predicted octanol–water partition coefficient (Wildman–Crippen LogP) is 18.7. The molecule has 0 spiro atoms. The Morgan fingerprint density at radius 1 is 0.597 bits per heavy atom. The number of aliphatic imine (C=N–C) groups is 1. The van der Waals surface area contributed by atoms with E-state index >= 15 is 0 Å². The zero-order chi connectivity index (χ0) is 91.0. The number of primary amides is 1. The van der Waals surface area contributed by atoms with E-state index in [-0.39, 0.29) is 79.5 Å². The Bertz CT molecular complexity index is 5770. The molecular formula is C83H104BBr2Cl8FN16O13. The Morgan fingerprint density at radius 2 is 0.968 bits per heavy atom. The number of aromatic nitrogens is 11. The Morgan fingerprint density at radius 3 is 1.37 bits per heavy atom. The van der Waals surface area contributed by atoms with Crippen LogP contribution < -0.4 is 54.0 Å². The maximum Gasteiger partial charge on any atom is 0.495 e. The van der Waals surface area contributed by atoms with Gasteiger partial charge in [0, 0.05) is 139 Å². The number of rotatable bonds is 9. The molecule has 674 valence electrons. The van der Waals surface area contributed by atoms with Crippen molar-refractivity contribution in [3.8, 4) is 11.5 Å². The number of nitrogens with zero attached hydrogens (tertiary/aromatic N) is 13. The van der Waals surface area contributed by atoms with Crippen LogP contribution in [0.3, 0.4) is 0 Å². The number of methoxy groups -OCH3 is 2. The smallest absolute Gasteiger partial charge is 0.495 e. The highest BCUT2D eigenvalue weighted by Crippen LogP contribution is 2.38. The maximum atomic E-state index is 11.9. The molecule has 0 bridgehead atoms. The van der Waals surface area contributed by atoms with Crippen LogP contribution in [0.15, 0.2) is 168 Å². The largest absolute Gasteiger partial charge is 0.496 e. The van der Waals surface area contributed by atoms with E-state index in [1.165, 1.54) is 86.8 Å². The Kier molecular flexibility index (Phi) is 52.3. The molecule has 12 heterocycles. The molecule has 1 fully saturated rings. The number of halogens is 11. The van der Waals surface area contributed by atoms with E-state index in [2.05, 4.69) is 90.6 Å². The summed E-state index contributed by atoms with van der Waals surface area (Å²) in [6.07, 6.45) is 20.3. The summed E-state index contributed by atoms with van der Waals surface area (Å²) in [5.41, 5.74) is 8.23. The third kappa shape index (κ3) is 34.1. The summed E-state index contributed by atoms with van der Waals surface area (Å²) in [5.74, 6) is -0.0618. The molecule has 2 amide bonds. The van der Waals surface area contributed by atoms with Crippen LogP contribution >= 0.6 is 126 Å². The second kappa shape index (κ2) is 55.7. The number of hydrogen-bond donors (Lipinski definition) is 4. The molecule has 13 rings (SSSR count). The number of nitrogens with two attached hydrogens (primary N) is 1. The first-order valence-electron chi connectivity index (χ1n) is 35.9. The summed E-state index contributed by atoms with van der Waals surface area (Å²) in [7, 11) is 16.8. The predicted molar refractivity (Wildman–Crippen MR) is 515 cm³/mol. The number of aromatic amines is 1. The van der Waals surface area contributed by atoms with Gasteiger partial charge in [-0.1, -0.05) is 112 Å². The summed E-state index contributed by atoms with van der Waals surface area (Å²) in [5, 5.41) is 16.5. The first-order chi connectivity index (χ1) is 56.4. The molecule has 1 aliphatic heterocycles. The van der Waals surface area contributed by atoms with Crippen LogP contribution in [-0.2, 0) is 30.5 Å². The number of carbonyl (C=O) groups is 4. The van der Waals surface area contributed by atoms with Gasteiger partial charge in [-0.15, -0.1) is 24.8 Å². The van der Waals surface area contributed by atoms with E-state index in [1.807, 2.05) is 58.8 Å². The monoisotopic (exact) mass is 2000 g/mol. The molecule has 1 saturated heterocycles. The lowest BCUT2D eigenvalue weighted by molar-refractivity contribution is 0.00578. The highest BCUT2D eigenvalue weighted by atomic mass is 79.9. The molecule has 0 radical (unpaired) electrons. The first kappa shape index (κ1) is 116. The van der Waals surface area contributed by atoms with Crippen LogP contribution in [0.1, 0.15) is 130 Å². The van der Waals surface area contributed by atoms with Crippen molar-refractivity contribution in [1.29, 1.82) is 0 Å². The van der Waals surface area contributed by atoms with E-state index < -0.39 is 30.2 Å². The van der Waals surface area contributed by atoms with Gasteiger partial charge in [-0.05, 0) is 180 Å². The lowest BCUT2D eigenvalue weighted by Crippen LogP contribution is -2.41. The molecule has 12 aromatic rings. The number of aromatic carboxylic acids is 1. The van der Waals surface area contributed by atoms with Gasteiger partial charge in [0.15, 0.2) is 6.29 Å². The third-order valence-corrected chi connectivity index (χ3v) is 19.1. The van der Waals surface area contributed by atoms with E-state index in [4.69, 9.17) is 101 Å². The van der Waals surface area contributed by atoms with Crippen molar-refractivity contribution < 1.29 is 48.8 Å². The van der Waals surface area contributed by atoms with Crippen molar-refractivity contribution in [3.63, 3.8) is 0 Å². The fourth-order valence-electron chi connectivity index (χ4n) is 9.80. The molecule has 11 aromatic heterocycles. The van der Waals surface area contributed by atoms with Gasteiger partial charge >= 0.3 is 13.1 Å². The lowest BCUT2D eigenvalue weighted by Gasteiger charge is -2.32. The second-order valence-corrected chi connectivity index (χ2v) is 30.5. The molecular weight excluding hydrogens is 1900 g/mol. The number of carboxylic acid groups (broad SMARTS) is 1. The zero-order valence-corrected chi connectivity index (χ0v) is 79.6. The van der Waals surface area contributed by atoms with Gasteiger partial charge in [-0.2, -0.15) is 4.99 Å². The number of H-pyrrole nitrogens is 1. The number of carbonyl (C=O) groups excluding carboxylic acids is 3. The van der Waals surface area contributed by atoms with Gasteiger partial charge in [-0.25, -0.2) is 39.7 Å². The lowest BCUT2D eigenvalue weighted by atomic mass is 9.78. The van der Waals surface area contributed by atoms with Gasteiger partial charge in [0.1, 0.15) is 48.2 Å². The van der Waals surface area contributed by atoms with Crippen LogP contribution in [0.5, 0.6) is 11.5 Å². The molecule has 29 nitrogen and oxygen atoms in total. The molecule has 41 heteroatoms. The Labute approximate surface area is 780 Å². The van der Waals surface area contributed by atoms with Crippen molar-refractivity contribution in [2.24, 2.45) is 31.9 Å². The molecule has 0 saturated carbocycles. The quantitative estimate of drug-likeness (QED) is 0.0343. The molecule has 124 heavy (non-hydrogen) atoms. The van der Waals surface area contributed by atoms with Crippen molar-refractivity contribution in [2.45, 2.75) is 102 Å². The van der Waals surface area contributed by atoms with E-state index in [0.717, 1.165) is 52.9 Å². The van der Waals surface area contributed by atoms with Crippen LogP contribution in [-0.4, -0.2) is 162 Å². The van der Waals surface area contributed by atoms with Gasteiger partial charge in [0.05, 0.1) is 82.7 Å². The number of ether oxygens (including phenoxy) is 2. The zero-order valence-electron chi connectivity index (χ0n) is 71.3. The second-order valence-electron chi connectivity index (χ2n) is 26.4. The van der Waals surface area contributed by atoms with Crippen LogP contribution in [0, 0.1) is 20.8 Å². The van der Waals surface area contributed by atoms with Gasteiger partial charge < -0.3 is 64.3 Å².